The van der Waals surface area contributed by atoms with Crippen LogP contribution < -0.4 is 5.32 Å². The summed E-state index contributed by atoms with van der Waals surface area (Å²) in [5.74, 6) is -0.0572. The van der Waals surface area contributed by atoms with Crippen LogP contribution in [0.4, 0.5) is 0 Å². The first kappa shape index (κ1) is 15.3. The van der Waals surface area contributed by atoms with Crippen molar-refractivity contribution in [2.45, 2.75) is 39.8 Å². The third kappa shape index (κ3) is 2.86. The Bertz CT molecular complexity index is 842. The van der Waals surface area contributed by atoms with Gasteiger partial charge in [-0.05, 0) is 45.9 Å². The second-order valence-corrected chi connectivity index (χ2v) is 6.33. The average Bonchev–Trinajstić information content (AvgIpc) is 3.11. The first-order chi connectivity index (χ1) is 11.0. The highest BCUT2D eigenvalue weighted by Gasteiger charge is 2.18. The van der Waals surface area contributed by atoms with E-state index in [0.717, 1.165) is 16.9 Å². The van der Waals surface area contributed by atoms with E-state index in [1.807, 2.05) is 61.2 Å². The number of carbonyl (C=O) groups excluding carboxylic acids is 1. The fourth-order valence-electron chi connectivity index (χ4n) is 2.62. The first-order valence-electron chi connectivity index (χ1n) is 7.92. The molecule has 0 atom stereocenters. The highest BCUT2D eigenvalue weighted by molar-refractivity contribution is 6.02. The van der Waals surface area contributed by atoms with Crippen molar-refractivity contribution in [2.24, 2.45) is 0 Å². The monoisotopic (exact) mass is 310 g/mol. The van der Waals surface area contributed by atoms with Crippen LogP contribution in [0, 0.1) is 0 Å². The van der Waals surface area contributed by atoms with Gasteiger partial charge in [-0.2, -0.15) is 0 Å². The summed E-state index contributed by atoms with van der Waals surface area (Å²) in [5.41, 5.74) is 3.35. The summed E-state index contributed by atoms with van der Waals surface area (Å²) < 4.78 is 4.08. The van der Waals surface area contributed by atoms with Crippen LogP contribution in [0.5, 0.6) is 0 Å². The van der Waals surface area contributed by atoms with E-state index in [0.29, 0.717) is 11.6 Å². The van der Waals surface area contributed by atoms with E-state index < -0.39 is 0 Å². The van der Waals surface area contributed by atoms with Crippen LogP contribution in [0.1, 0.15) is 44.1 Å². The van der Waals surface area contributed by atoms with Crippen molar-refractivity contribution < 1.29 is 4.79 Å². The number of hydrogen-bond donors (Lipinski definition) is 1. The summed E-state index contributed by atoms with van der Waals surface area (Å²) in [5, 5.41) is 2.96. The molecule has 3 rings (SSSR count). The molecule has 5 heteroatoms. The summed E-state index contributed by atoms with van der Waals surface area (Å²) in [4.78, 5) is 17.0. The molecule has 0 aromatic carbocycles. The molecule has 3 aromatic rings. The largest absolute Gasteiger partial charge is 0.350 e. The predicted molar refractivity (Wildman–Crippen MR) is 91.6 cm³/mol. The van der Waals surface area contributed by atoms with Crippen molar-refractivity contribution in [3.8, 4) is 11.4 Å². The van der Waals surface area contributed by atoms with E-state index in [-0.39, 0.29) is 11.9 Å². The molecule has 3 aromatic heterocycles. The maximum atomic E-state index is 12.5. The molecule has 0 spiro atoms. The number of pyridine rings is 1. The first-order valence-corrected chi connectivity index (χ1v) is 7.92. The molecule has 3 heterocycles. The van der Waals surface area contributed by atoms with Crippen LogP contribution in [-0.4, -0.2) is 25.9 Å². The molecule has 0 aliphatic carbocycles. The van der Waals surface area contributed by atoms with E-state index >= 15 is 0 Å². The van der Waals surface area contributed by atoms with Crippen molar-refractivity contribution in [3.63, 3.8) is 0 Å². The number of imidazole rings is 1. The number of rotatable bonds is 4. The van der Waals surface area contributed by atoms with Gasteiger partial charge in [-0.3, -0.25) is 4.79 Å². The predicted octanol–water partition coefficient (Wildman–Crippen LogP) is 3.52. The van der Waals surface area contributed by atoms with Gasteiger partial charge in [0.1, 0.15) is 5.69 Å². The maximum Gasteiger partial charge on any atom is 0.253 e. The summed E-state index contributed by atoms with van der Waals surface area (Å²) in [7, 11) is 0. The van der Waals surface area contributed by atoms with Crippen LogP contribution in [0.2, 0.25) is 0 Å². The molecule has 1 N–H and O–H groups in total. The van der Waals surface area contributed by atoms with Gasteiger partial charge >= 0.3 is 0 Å². The maximum absolute atomic E-state index is 12.5. The Morgan fingerprint density at radius 2 is 2.00 bits per heavy atom. The lowest BCUT2D eigenvalue weighted by atomic mass is 10.2. The third-order valence-electron chi connectivity index (χ3n) is 3.80. The van der Waals surface area contributed by atoms with Gasteiger partial charge in [0.15, 0.2) is 0 Å². The topological polar surface area (TPSA) is 51.3 Å². The zero-order chi connectivity index (χ0) is 16.6. The smallest absolute Gasteiger partial charge is 0.253 e. The van der Waals surface area contributed by atoms with Crippen molar-refractivity contribution in [3.05, 3.63) is 48.5 Å². The molecule has 0 aliphatic rings. The Morgan fingerprint density at radius 3 is 2.65 bits per heavy atom. The van der Waals surface area contributed by atoms with Crippen LogP contribution >= 0.6 is 0 Å². The second kappa shape index (κ2) is 5.91. The minimum absolute atomic E-state index is 0.0572. The number of nitrogens with one attached hydrogen (secondary N) is 1. The number of aromatic nitrogens is 3. The molecular weight excluding hydrogens is 288 g/mol. The summed E-state index contributed by atoms with van der Waals surface area (Å²) in [6.45, 7) is 8.15. The van der Waals surface area contributed by atoms with E-state index in [9.17, 15) is 4.79 Å². The molecule has 1 amide bonds. The zero-order valence-electron chi connectivity index (χ0n) is 13.9. The lowest BCUT2D eigenvalue weighted by molar-refractivity contribution is 0.0945. The fourth-order valence-corrected chi connectivity index (χ4v) is 2.62. The summed E-state index contributed by atoms with van der Waals surface area (Å²) >= 11 is 0. The number of nitrogens with zero attached hydrogens (tertiary/aromatic N) is 3. The normalized spacial score (nSPS) is 11.6. The van der Waals surface area contributed by atoms with Gasteiger partial charge in [-0.1, -0.05) is 6.07 Å². The molecule has 120 valence electrons. The van der Waals surface area contributed by atoms with Gasteiger partial charge in [-0.15, -0.1) is 0 Å². The van der Waals surface area contributed by atoms with Crippen LogP contribution in [0.15, 0.2) is 43.0 Å². The number of amides is 1. The van der Waals surface area contributed by atoms with E-state index in [1.165, 1.54) is 0 Å². The molecule has 0 bridgehead atoms. The molecule has 0 fully saturated rings. The Balaban J connectivity index is 2.12. The van der Waals surface area contributed by atoms with Gasteiger partial charge in [-0.25, -0.2) is 4.98 Å². The second-order valence-electron chi connectivity index (χ2n) is 6.33. The Kier molecular flexibility index (Phi) is 3.94. The summed E-state index contributed by atoms with van der Waals surface area (Å²) in [6.07, 6.45) is 5.81. The Hall–Kier alpha value is -2.56. The molecule has 0 aliphatic heterocycles. The number of hydrogen-bond acceptors (Lipinski definition) is 2. The standard InChI is InChI=1S/C18H22N4O/c1-12(2)20-18(23)14-9-17(22-8-6-5-7-16(14)22)15-10-21(11-19-15)13(3)4/h5-13H,1-4H3,(H,20,23). The van der Waals surface area contributed by atoms with Gasteiger partial charge in [0.2, 0.25) is 0 Å². The minimum Gasteiger partial charge on any atom is -0.350 e. The third-order valence-corrected chi connectivity index (χ3v) is 3.80. The van der Waals surface area contributed by atoms with Crippen molar-refractivity contribution in [2.75, 3.05) is 0 Å². The lowest BCUT2D eigenvalue weighted by Gasteiger charge is -2.07. The zero-order valence-corrected chi connectivity index (χ0v) is 13.9. The van der Waals surface area contributed by atoms with E-state index in [4.69, 9.17) is 0 Å². The lowest BCUT2D eigenvalue weighted by Crippen LogP contribution is -2.29. The van der Waals surface area contributed by atoms with Crippen LogP contribution in [0.25, 0.3) is 16.9 Å². The SMILES string of the molecule is CC(C)NC(=O)c1cc(-c2cn(C(C)C)cn2)n2ccccc12. The van der Waals surface area contributed by atoms with Gasteiger partial charge in [0.25, 0.3) is 5.91 Å². The van der Waals surface area contributed by atoms with Crippen molar-refractivity contribution in [1.82, 2.24) is 19.3 Å². The van der Waals surface area contributed by atoms with Gasteiger partial charge in [0.05, 0.1) is 23.1 Å². The van der Waals surface area contributed by atoms with Gasteiger partial charge in [0, 0.05) is 24.5 Å². The van der Waals surface area contributed by atoms with Crippen molar-refractivity contribution >= 4 is 11.4 Å². The van der Waals surface area contributed by atoms with Crippen LogP contribution in [0.3, 0.4) is 0 Å². The van der Waals surface area contributed by atoms with E-state index in [2.05, 4.69) is 28.7 Å². The van der Waals surface area contributed by atoms with E-state index in [1.54, 1.807) is 0 Å². The Labute approximate surface area is 136 Å². The Morgan fingerprint density at radius 1 is 1.22 bits per heavy atom. The molecule has 0 unspecified atom stereocenters. The minimum atomic E-state index is -0.0572. The van der Waals surface area contributed by atoms with Gasteiger partial charge < -0.3 is 14.3 Å². The number of carbonyl (C=O) groups is 1. The highest BCUT2D eigenvalue weighted by atomic mass is 16.1. The molecule has 0 saturated heterocycles. The molecule has 0 radical (unpaired) electrons. The summed E-state index contributed by atoms with van der Waals surface area (Å²) in [6, 6.07) is 8.23. The molecule has 5 nitrogen and oxygen atoms in total. The molecule has 0 saturated carbocycles. The molecular formula is C18H22N4O. The quantitative estimate of drug-likeness (QED) is 0.801. The van der Waals surface area contributed by atoms with Crippen molar-refractivity contribution in [1.29, 1.82) is 0 Å². The average molecular weight is 310 g/mol. The fraction of sp³-hybridized carbons (Fsp3) is 0.333. The van der Waals surface area contributed by atoms with Crippen LogP contribution in [-0.2, 0) is 0 Å². The highest BCUT2D eigenvalue weighted by Crippen LogP contribution is 2.26. The molecule has 23 heavy (non-hydrogen) atoms. The number of fused-ring (bicyclic) bond motifs is 1.